The summed E-state index contributed by atoms with van der Waals surface area (Å²) in [4.78, 5) is 12.1. The second kappa shape index (κ2) is 7.04. The SMILES string of the molecule is CC[C@H](C)[C@H](N)C(=O)NCc1ccccc1-n1cccn1. The van der Waals surface area contributed by atoms with E-state index in [2.05, 4.69) is 10.4 Å². The van der Waals surface area contributed by atoms with E-state index < -0.39 is 6.04 Å². The maximum absolute atomic E-state index is 12.1. The number of hydrogen-bond donors (Lipinski definition) is 2. The van der Waals surface area contributed by atoms with E-state index in [9.17, 15) is 4.79 Å². The third kappa shape index (κ3) is 3.70. The molecule has 21 heavy (non-hydrogen) atoms. The Kier molecular flexibility index (Phi) is 5.11. The maximum atomic E-state index is 12.1. The quantitative estimate of drug-likeness (QED) is 0.851. The highest BCUT2D eigenvalue weighted by atomic mass is 16.2. The molecule has 0 aliphatic heterocycles. The van der Waals surface area contributed by atoms with E-state index in [0.29, 0.717) is 6.54 Å². The zero-order valence-corrected chi connectivity index (χ0v) is 12.5. The average molecular weight is 286 g/mol. The van der Waals surface area contributed by atoms with Crippen LogP contribution < -0.4 is 11.1 Å². The first kappa shape index (κ1) is 15.3. The minimum atomic E-state index is -0.466. The number of nitrogens with zero attached hydrogens (tertiary/aromatic N) is 2. The Morgan fingerprint density at radius 2 is 2.14 bits per heavy atom. The lowest BCUT2D eigenvalue weighted by atomic mass is 9.99. The second-order valence-corrected chi connectivity index (χ2v) is 5.21. The molecule has 1 aromatic heterocycles. The van der Waals surface area contributed by atoms with Crippen molar-refractivity contribution in [2.45, 2.75) is 32.9 Å². The summed E-state index contributed by atoms with van der Waals surface area (Å²) < 4.78 is 1.79. The Balaban J connectivity index is 2.06. The van der Waals surface area contributed by atoms with Gasteiger partial charge in [0.15, 0.2) is 0 Å². The van der Waals surface area contributed by atoms with Gasteiger partial charge in [0.25, 0.3) is 0 Å². The van der Waals surface area contributed by atoms with Crippen LogP contribution in [0.25, 0.3) is 5.69 Å². The van der Waals surface area contributed by atoms with Crippen LogP contribution in [0, 0.1) is 5.92 Å². The second-order valence-electron chi connectivity index (χ2n) is 5.21. The van der Waals surface area contributed by atoms with E-state index >= 15 is 0 Å². The average Bonchev–Trinajstić information content (AvgIpc) is 3.05. The van der Waals surface area contributed by atoms with Gasteiger partial charge in [-0.15, -0.1) is 0 Å². The van der Waals surface area contributed by atoms with Crippen LogP contribution in [0.1, 0.15) is 25.8 Å². The highest BCUT2D eigenvalue weighted by molar-refractivity contribution is 5.81. The number of para-hydroxylation sites is 1. The lowest BCUT2D eigenvalue weighted by Crippen LogP contribution is -2.44. The van der Waals surface area contributed by atoms with Crippen molar-refractivity contribution in [1.82, 2.24) is 15.1 Å². The van der Waals surface area contributed by atoms with Gasteiger partial charge in [-0.1, -0.05) is 38.5 Å². The van der Waals surface area contributed by atoms with Gasteiger partial charge in [-0.3, -0.25) is 4.79 Å². The van der Waals surface area contributed by atoms with E-state index in [-0.39, 0.29) is 11.8 Å². The van der Waals surface area contributed by atoms with Crippen LogP contribution in [-0.2, 0) is 11.3 Å². The number of carbonyl (C=O) groups is 1. The van der Waals surface area contributed by atoms with Gasteiger partial charge < -0.3 is 11.1 Å². The lowest BCUT2D eigenvalue weighted by Gasteiger charge is -2.18. The summed E-state index contributed by atoms with van der Waals surface area (Å²) >= 11 is 0. The van der Waals surface area contributed by atoms with Gasteiger partial charge in [-0.05, 0) is 23.6 Å². The fourth-order valence-electron chi connectivity index (χ4n) is 2.11. The smallest absolute Gasteiger partial charge is 0.237 e. The maximum Gasteiger partial charge on any atom is 0.237 e. The molecular formula is C16H22N4O. The van der Waals surface area contributed by atoms with E-state index in [1.807, 2.05) is 50.4 Å². The molecule has 5 heteroatoms. The molecule has 0 aliphatic carbocycles. The van der Waals surface area contributed by atoms with Crippen LogP contribution in [0.4, 0.5) is 0 Å². The standard InChI is InChI=1S/C16H22N4O/c1-3-12(2)15(17)16(21)18-11-13-7-4-5-8-14(13)20-10-6-9-19-20/h4-10,12,15H,3,11,17H2,1-2H3,(H,18,21)/t12-,15-/m0/s1. The molecule has 2 atom stereocenters. The normalized spacial score (nSPS) is 13.7. The van der Waals surface area contributed by atoms with Gasteiger partial charge >= 0.3 is 0 Å². The molecule has 0 radical (unpaired) electrons. The number of hydrogen-bond acceptors (Lipinski definition) is 3. The fraction of sp³-hybridized carbons (Fsp3) is 0.375. The number of benzene rings is 1. The van der Waals surface area contributed by atoms with Gasteiger partial charge in [0.2, 0.25) is 5.91 Å². The molecule has 1 heterocycles. The first-order valence-corrected chi connectivity index (χ1v) is 7.24. The predicted octanol–water partition coefficient (Wildman–Crippen LogP) is 1.86. The zero-order chi connectivity index (χ0) is 15.2. The third-order valence-corrected chi connectivity index (χ3v) is 3.76. The molecule has 5 nitrogen and oxygen atoms in total. The largest absolute Gasteiger partial charge is 0.351 e. The molecule has 0 saturated carbocycles. The van der Waals surface area contributed by atoms with Crippen LogP contribution in [0.15, 0.2) is 42.7 Å². The van der Waals surface area contributed by atoms with E-state index in [1.54, 1.807) is 10.9 Å². The minimum absolute atomic E-state index is 0.111. The van der Waals surface area contributed by atoms with Gasteiger partial charge in [0, 0.05) is 18.9 Å². The molecule has 0 saturated heterocycles. The summed E-state index contributed by atoms with van der Waals surface area (Å²) in [5, 5.41) is 7.14. The first-order chi connectivity index (χ1) is 10.1. The zero-order valence-electron chi connectivity index (χ0n) is 12.5. The monoisotopic (exact) mass is 286 g/mol. The molecule has 0 fully saturated rings. The molecule has 0 aliphatic rings. The molecular weight excluding hydrogens is 264 g/mol. The number of rotatable bonds is 6. The van der Waals surface area contributed by atoms with Crippen LogP contribution in [0.3, 0.4) is 0 Å². The molecule has 2 rings (SSSR count). The summed E-state index contributed by atoms with van der Waals surface area (Å²) in [5.41, 5.74) is 7.90. The van der Waals surface area contributed by atoms with Crippen molar-refractivity contribution >= 4 is 5.91 Å². The third-order valence-electron chi connectivity index (χ3n) is 3.76. The Hall–Kier alpha value is -2.14. The number of nitrogens with two attached hydrogens (primary N) is 1. The Morgan fingerprint density at radius 3 is 2.81 bits per heavy atom. The van der Waals surface area contributed by atoms with Gasteiger partial charge in [-0.25, -0.2) is 4.68 Å². The molecule has 0 bridgehead atoms. The number of aromatic nitrogens is 2. The van der Waals surface area contributed by atoms with Crippen molar-refractivity contribution in [1.29, 1.82) is 0 Å². The van der Waals surface area contributed by atoms with E-state index in [0.717, 1.165) is 17.7 Å². The molecule has 112 valence electrons. The highest BCUT2D eigenvalue weighted by Gasteiger charge is 2.19. The van der Waals surface area contributed by atoms with Crippen molar-refractivity contribution < 1.29 is 4.79 Å². The van der Waals surface area contributed by atoms with Crippen molar-refractivity contribution in [2.24, 2.45) is 11.7 Å². The molecule has 2 aromatic rings. The number of nitrogens with one attached hydrogen (secondary N) is 1. The summed E-state index contributed by atoms with van der Waals surface area (Å²) in [6.45, 7) is 4.46. The van der Waals surface area contributed by atoms with E-state index in [1.165, 1.54) is 0 Å². The molecule has 0 unspecified atom stereocenters. The van der Waals surface area contributed by atoms with Gasteiger partial charge in [-0.2, -0.15) is 5.10 Å². The lowest BCUT2D eigenvalue weighted by molar-refractivity contribution is -0.123. The van der Waals surface area contributed by atoms with Gasteiger partial charge in [0.05, 0.1) is 11.7 Å². The van der Waals surface area contributed by atoms with E-state index in [4.69, 9.17) is 5.73 Å². The predicted molar refractivity (Wildman–Crippen MR) is 82.8 cm³/mol. The van der Waals surface area contributed by atoms with Crippen molar-refractivity contribution in [3.05, 3.63) is 48.3 Å². The number of amides is 1. The molecule has 3 N–H and O–H groups in total. The number of carbonyl (C=O) groups excluding carboxylic acids is 1. The molecule has 1 amide bonds. The molecule has 0 spiro atoms. The van der Waals surface area contributed by atoms with Crippen LogP contribution >= 0.6 is 0 Å². The van der Waals surface area contributed by atoms with Crippen LogP contribution in [0.5, 0.6) is 0 Å². The summed E-state index contributed by atoms with van der Waals surface area (Å²) in [7, 11) is 0. The van der Waals surface area contributed by atoms with Gasteiger partial charge in [0.1, 0.15) is 0 Å². The Labute approximate surface area is 125 Å². The topological polar surface area (TPSA) is 72.9 Å². The highest BCUT2D eigenvalue weighted by Crippen LogP contribution is 2.13. The Bertz CT molecular complexity index is 580. The fourth-order valence-corrected chi connectivity index (χ4v) is 2.11. The van der Waals surface area contributed by atoms with Crippen LogP contribution in [-0.4, -0.2) is 21.7 Å². The summed E-state index contributed by atoms with van der Waals surface area (Å²) in [6.07, 6.45) is 4.50. The first-order valence-electron chi connectivity index (χ1n) is 7.24. The summed E-state index contributed by atoms with van der Waals surface area (Å²) in [5.74, 6) is 0.0611. The van der Waals surface area contributed by atoms with Crippen molar-refractivity contribution in [3.8, 4) is 5.69 Å². The molecule has 1 aromatic carbocycles. The van der Waals surface area contributed by atoms with Crippen LogP contribution in [0.2, 0.25) is 0 Å². The minimum Gasteiger partial charge on any atom is -0.351 e. The summed E-state index contributed by atoms with van der Waals surface area (Å²) in [6, 6.07) is 9.26. The van der Waals surface area contributed by atoms with Crippen molar-refractivity contribution in [3.63, 3.8) is 0 Å². The Morgan fingerprint density at radius 1 is 1.38 bits per heavy atom. The van der Waals surface area contributed by atoms with Crippen molar-refractivity contribution in [2.75, 3.05) is 0 Å².